The summed E-state index contributed by atoms with van der Waals surface area (Å²) >= 11 is 6.13. The van der Waals surface area contributed by atoms with E-state index in [-0.39, 0.29) is 11.2 Å². The van der Waals surface area contributed by atoms with Crippen LogP contribution in [0.5, 0.6) is 0 Å². The fourth-order valence-electron chi connectivity index (χ4n) is 4.01. The molecule has 1 aliphatic rings. The average Bonchev–Trinajstić information content (AvgIpc) is 3.02. The van der Waals surface area contributed by atoms with Gasteiger partial charge < -0.3 is 0 Å². The molecule has 0 aromatic heterocycles. The van der Waals surface area contributed by atoms with Crippen LogP contribution >= 0.6 is 11.6 Å². The maximum absolute atomic E-state index is 13.4. The molecule has 1 aliphatic heterocycles. The van der Waals surface area contributed by atoms with Gasteiger partial charge in [0.25, 0.3) is 0 Å². The largest absolute Gasteiger partial charge is 0.298 e. The second-order valence-corrected chi connectivity index (χ2v) is 7.68. The molecular formula is C22H26ClNO. The molecule has 3 heteroatoms. The summed E-state index contributed by atoms with van der Waals surface area (Å²) in [6, 6.07) is 16.2. The van der Waals surface area contributed by atoms with Gasteiger partial charge in [-0.15, -0.1) is 0 Å². The van der Waals surface area contributed by atoms with E-state index in [1.54, 1.807) is 0 Å². The summed E-state index contributed by atoms with van der Waals surface area (Å²) in [5.74, 6) is 0.282. The molecule has 0 saturated carbocycles. The number of carbonyl (C=O) groups is 1. The van der Waals surface area contributed by atoms with Crippen molar-refractivity contribution in [3.8, 4) is 0 Å². The van der Waals surface area contributed by atoms with E-state index in [4.69, 9.17) is 11.6 Å². The van der Waals surface area contributed by atoms with Crippen LogP contribution in [0.25, 0.3) is 0 Å². The zero-order valence-electron chi connectivity index (χ0n) is 15.1. The summed E-state index contributed by atoms with van der Waals surface area (Å²) in [5, 5.41) is 0.721. The lowest BCUT2D eigenvalue weighted by Crippen LogP contribution is -2.34. The number of benzene rings is 2. The van der Waals surface area contributed by atoms with Gasteiger partial charge in [0.2, 0.25) is 0 Å². The highest BCUT2D eigenvalue weighted by atomic mass is 35.5. The number of rotatable bonds is 6. The van der Waals surface area contributed by atoms with Gasteiger partial charge in [-0.05, 0) is 55.6 Å². The zero-order valence-corrected chi connectivity index (χ0v) is 15.9. The van der Waals surface area contributed by atoms with Crippen molar-refractivity contribution in [1.82, 2.24) is 4.90 Å². The Balaban J connectivity index is 1.80. The van der Waals surface area contributed by atoms with Gasteiger partial charge in [0, 0.05) is 29.1 Å². The first kappa shape index (κ1) is 18.2. The van der Waals surface area contributed by atoms with E-state index in [9.17, 15) is 4.79 Å². The number of aryl methyl sites for hydroxylation is 1. The first-order chi connectivity index (χ1) is 12.0. The van der Waals surface area contributed by atoms with Crippen molar-refractivity contribution in [2.45, 2.75) is 39.7 Å². The molecule has 0 radical (unpaired) electrons. The van der Waals surface area contributed by atoms with Crippen LogP contribution in [0.2, 0.25) is 5.02 Å². The predicted molar refractivity (Wildman–Crippen MR) is 104 cm³/mol. The fraction of sp³-hybridized carbons (Fsp3) is 0.409. The number of hydrogen-bond acceptors (Lipinski definition) is 2. The number of ketones is 1. The molecule has 2 aromatic carbocycles. The Kier molecular flexibility index (Phi) is 5.61. The highest BCUT2D eigenvalue weighted by Gasteiger charge is 2.43. The van der Waals surface area contributed by atoms with Gasteiger partial charge in [0.05, 0.1) is 0 Å². The van der Waals surface area contributed by atoms with Crippen LogP contribution in [0, 0.1) is 12.3 Å². The lowest BCUT2D eigenvalue weighted by molar-refractivity contribution is 0.0780. The van der Waals surface area contributed by atoms with Crippen LogP contribution in [0.1, 0.15) is 47.7 Å². The first-order valence-corrected chi connectivity index (χ1v) is 9.49. The molecule has 0 N–H and O–H groups in total. The van der Waals surface area contributed by atoms with Gasteiger partial charge in [-0.3, -0.25) is 9.69 Å². The molecule has 1 fully saturated rings. The molecule has 0 unspecified atom stereocenters. The fourth-order valence-corrected chi connectivity index (χ4v) is 4.13. The van der Waals surface area contributed by atoms with Crippen LogP contribution in [-0.2, 0) is 6.54 Å². The van der Waals surface area contributed by atoms with Crippen molar-refractivity contribution in [2.75, 3.05) is 13.1 Å². The minimum absolute atomic E-state index is 0.260. The lowest BCUT2D eigenvalue weighted by Gasteiger charge is -2.28. The molecule has 0 bridgehead atoms. The smallest absolute Gasteiger partial charge is 0.170 e. The molecule has 2 nitrogen and oxygen atoms in total. The SMILES string of the molecule is CCC[C@]1(C(=O)c2ccc(Cl)c(C)c2)CCN(Cc2ccccc2)C1. The number of likely N-dealkylation sites (tertiary alicyclic amines) is 1. The summed E-state index contributed by atoms with van der Waals surface area (Å²) in [5.41, 5.74) is 2.82. The van der Waals surface area contributed by atoms with Gasteiger partial charge in [-0.2, -0.15) is 0 Å². The quantitative estimate of drug-likeness (QED) is 0.635. The van der Waals surface area contributed by atoms with Crippen molar-refractivity contribution in [3.63, 3.8) is 0 Å². The van der Waals surface area contributed by atoms with Crippen LogP contribution in [0.3, 0.4) is 0 Å². The second-order valence-electron chi connectivity index (χ2n) is 7.27. The van der Waals surface area contributed by atoms with Crippen molar-refractivity contribution >= 4 is 17.4 Å². The first-order valence-electron chi connectivity index (χ1n) is 9.11. The standard InChI is InChI=1S/C22H26ClNO/c1-3-11-22(21(25)19-9-10-20(23)17(2)14-19)12-13-24(16-22)15-18-7-5-4-6-8-18/h4-10,14H,3,11-13,15-16H2,1-2H3/t22-/m0/s1. The second kappa shape index (κ2) is 7.72. The highest BCUT2D eigenvalue weighted by Crippen LogP contribution is 2.39. The molecular weight excluding hydrogens is 330 g/mol. The van der Waals surface area contributed by atoms with Crippen LogP contribution in [0.4, 0.5) is 0 Å². The molecule has 2 aromatic rings. The highest BCUT2D eigenvalue weighted by molar-refractivity contribution is 6.31. The lowest BCUT2D eigenvalue weighted by atomic mass is 9.76. The molecule has 0 spiro atoms. The number of hydrogen-bond donors (Lipinski definition) is 0. The van der Waals surface area contributed by atoms with E-state index < -0.39 is 0 Å². The monoisotopic (exact) mass is 355 g/mol. The number of carbonyl (C=O) groups excluding carboxylic acids is 1. The van der Waals surface area contributed by atoms with Crippen molar-refractivity contribution < 1.29 is 4.79 Å². The third-order valence-corrected chi connectivity index (χ3v) is 5.74. The zero-order chi connectivity index (χ0) is 17.9. The Labute approximate surface area is 155 Å². The number of halogens is 1. The molecule has 0 aliphatic carbocycles. The Morgan fingerprint density at radius 1 is 1.20 bits per heavy atom. The summed E-state index contributed by atoms with van der Waals surface area (Å²) in [4.78, 5) is 15.8. The molecule has 25 heavy (non-hydrogen) atoms. The maximum atomic E-state index is 13.4. The van der Waals surface area contributed by atoms with Crippen molar-refractivity contribution in [2.24, 2.45) is 5.41 Å². The van der Waals surface area contributed by atoms with Crippen molar-refractivity contribution in [3.05, 3.63) is 70.2 Å². The van der Waals surface area contributed by atoms with E-state index in [2.05, 4.69) is 36.1 Å². The molecule has 3 rings (SSSR count). The number of Topliss-reactive ketones (excluding diaryl/α,β-unsaturated/α-hetero) is 1. The van der Waals surface area contributed by atoms with Gasteiger partial charge in [0.1, 0.15) is 0 Å². The number of nitrogens with zero attached hydrogens (tertiary/aromatic N) is 1. The Hall–Kier alpha value is -1.64. The molecule has 0 amide bonds. The summed E-state index contributed by atoms with van der Waals surface area (Å²) in [6.07, 6.45) is 2.91. The summed E-state index contributed by atoms with van der Waals surface area (Å²) in [7, 11) is 0. The van der Waals surface area contributed by atoms with Crippen molar-refractivity contribution in [1.29, 1.82) is 0 Å². The van der Waals surface area contributed by atoms with Gasteiger partial charge in [0.15, 0.2) is 5.78 Å². The summed E-state index contributed by atoms with van der Waals surface area (Å²) in [6.45, 7) is 6.87. The molecule has 1 saturated heterocycles. The van der Waals surface area contributed by atoms with E-state index in [1.807, 2.05) is 31.2 Å². The van der Waals surface area contributed by atoms with Gasteiger partial charge in [-0.25, -0.2) is 0 Å². The maximum Gasteiger partial charge on any atom is 0.170 e. The third kappa shape index (κ3) is 3.96. The minimum Gasteiger partial charge on any atom is -0.298 e. The summed E-state index contributed by atoms with van der Waals surface area (Å²) < 4.78 is 0. The van der Waals surface area contributed by atoms with E-state index in [0.29, 0.717) is 0 Å². The topological polar surface area (TPSA) is 20.3 Å². The van der Waals surface area contributed by atoms with Crippen LogP contribution < -0.4 is 0 Å². The Bertz CT molecular complexity index is 743. The van der Waals surface area contributed by atoms with E-state index >= 15 is 0 Å². The van der Waals surface area contributed by atoms with E-state index in [1.165, 1.54) is 5.56 Å². The Morgan fingerprint density at radius 2 is 1.96 bits per heavy atom. The van der Waals surface area contributed by atoms with Gasteiger partial charge >= 0.3 is 0 Å². The molecule has 1 atom stereocenters. The normalized spacial score (nSPS) is 20.8. The molecule has 132 valence electrons. The Morgan fingerprint density at radius 3 is 2.64 bits per heavy atom. The predicted octanol–water partition coefficient (Wildman–Crippen LogP) is 5.52. The van der Waals surface area contributed by atoms with Gasteiger partial charge in [-0.1, -0.05) is 55.3 Å². The molecule has 1 heterocycles. The van der Waals surface area contributed by atoms with Crippen LogP contribution in [0.15, 0.2) is 48.5 Å². The van der Waals surface area contributed by atoms with Crippen LogP contribution in [-0.4, -0.2) is 23.8 Å². The average molecular weight is 356 g/mol. The third-order valence-electron chi connectivity index (χ3n) is 5.31. The minimum atomic E-state index is -0.260. The van der Waals surface area contributed by atoms with E-state index in [0.717, 1.165) is 55.0 Å².